The Hall–Kier alpha value is -4.26. The molecule has 0 aliphatic rings. The number of nitrogens with one attached hydrogen (secondary N) is 1. The molecule has 13 heteroatoms. The molecule has 0 aliphatic heterocycles. The highest BCUT2D eigenvalue weighted by Gasteiger charge is 2.49. The van der Waals surface area contributed by atoms with E-state index in [2.05, 4.69) is 17.0 Å². The Balaban J connectivity index is 2.95. The number of aromatic hydroxyl groups is 1. The molecule has 0 fully saturated rings. The quantitative estimate of drug-likeness (QED) is 0.0430. The van der Waals surface area contributed by atoms with Gasteiger partial charge in [0.05, 0.1) is 12.3 Å². The van der Waals surface area contributed by atoms with Crippen molar-refractivity contribution in [3.63, 3.8) is 0 Å². The average molecular weight is 664 g/mol. The zero-order chi connectivity index (χ0) is 35.2. The average Bonchev–Trinajstić information content (AvgIpc) is 3.00. The number of carboxylic acids is 2. The number of ether oxygens (including phenoxy) is 2. The molecule has 5 N–H and O–H groups in total. The van der Waals surface area contributed by atoms with Crippen LogP contribution in [0.2, 0.25) is 0 Å². The van der Waals surface area contributed by atoms with E-state index in [0.717, 1.165) is 57.9 Å². The number of hydrogen-bond acceptors (Lipinski definition) is 10. The Kier molecular flexibility index (Phi) is 19.3. The van der Waals surface area contributed by atoms with E-state index in [9.17, 15) is 49.2 Å². The molecule has 262 valence electrons. The van der Waals surface area contributed by atoms with Crippen molar-refractivity contribution < 1.29 is 58.7 Å². The summed E-state index contributed by atoms with van der Waals surface area (Å²) in [4.78, 5) is 73.1. The number of ketones is 1. The summed E-state index contributed by atoms with van der Waals surface area (Å²) >= 11 is 0. The molecule has 0 saturated carbocycles. The number of carboxylic acid groups (broad SMARTS) is 2. The third-order valence-corrected chi connectivity index (χ3v) is 7.49. The number of carbonyl (C=O) groups excluding carboxylic acids is 4. The number of amides is 1. The highest BCUT2D eigenvalue weighted by molar-refractivity contribution is 5.94. The van der Waals surface area contributed by atoms with Gasteiger partial charge in [-0.2, -0.15) is 0 Å². The van der Waals surface area contributed by atoms with Crippen molar-refractivity contribution in [2.45, 2.75) is 115 Å². The number of phenols is 1. The van der Waals surface area contributed by atoms with Crippen LogP contribution in [0.1, 0.15) is 103 Å². The van der Waals surface area contributed by atoms with E-state index >= 15 is 0 Å². The molecule has 1 aromatic carbocycles. The standard InChI is InChI=1S/C34H49NO12/c1-3-4-5-8-11-14-26(37)15-12-9-6-7-10-13-16-28(34(45,33(43)44)22-30(39)40)31(41)35-29(32(42)47-23-46-24(2)36)21-25-17-19-27(38)20-18-25/h13,16-20,28-29,38,45H,3-12,14-15,21-23H2,1-2H3,(H,35,41)(H,39,40)(H,43,44)/b16-13+/t28-,29+,34+/m1/s1. The number of carbonyl (C=O) groups is 6. The molecule has 1 aromatic rings. The van der Waals surface area contributed by atoms with Gasteiger partial charge in [0, 0.05) is 26.2 Å². The zero-order valence-electron chi connectivity index (χ0n) is 27.3. The summed E-state index contributed by atoms with van der Waals surface area (Å²) in [6, 6.07) is 4.14. The number of phenolic OH excluding ortho intramolecular Hbond substituents is 1. The van der Waals surface area contributed by atoms with E-state index in [0.29, 0.717) is 31.2 Å². The van der Waals surface area contributed by atoms with Crippen LogP contribution in [0, 0.1) is 5.92 Å². The minimum atomic E-state index is -3.06. The number of rotatable bonds is 25. The van der Waals surface area contributed by atoms with E-state index in [1.54, 1.807) is 0 Å². The number of aliphatic hydroxyl groups is 1. The van der Waals surface area contributed by atoms with Crippen LogP contribution in [0.15, 0.2) is 36.4 Å². The Labute approximate surface area is 275 Å². The van der Waals surface area contributed by atoms with Crippen LogP contribution >= 0.6 is 0 Å². The monoisotopic (exact) mass is 663 g/mol. The lowest BCUT2D eigenvalue weighted by atomic mass is 9.82. The molecule has 0 bridgehead atoms. The summed E-state index contributed by atoms with van der Waals surface area (Å²) in [5.41, 5.74) is -2.61. The highest BCUT2D eigenvalue weighted by Crippen LogP contribution is 2.26. The van der Waals surface area contributed by atoms with Crippen molar-refractivity contribution in [2.24, 2.45) is 5.92 Å². The first kappa shape index (κ1) is 40.8. The number of unbranched alkanes of at least 4 members (excludes halogenated alkanes) is 8. The second-order valence-electron chi connectivity index (χ2n) is 11.5. The van der Waals surface area contributed by atoms with Gasteiger partial charge in [0.15, 0.2) is 5.60 Å². The summed E-state index contributed by atoms with van der Waals surface area (Å²) in [7, 11) is 0. The van der Waals surface area contributed by atoms with Crippen molar-refractivity contribution in [3.05, 3.63) is 42.0 Å². The minimum Gasteiger partial charge on any atom is -0.508 e. The van der Waals surface area contributed by atoms with Gasteiger partial charge in [-0.1, -0.05) is 69.7 Å². The van der Waals surface area contributed by atoms with Gasteiger partial charge in [0.2, 0.25) is 12.7 Å². The third kappa shape index (κ3) is 16.7. The fourth-order valence-corrected chi connectivity index (χ4v) is 4.83. The Morgan fingerprint density at radius 1 is 0.872 bits per heavy atom. The van der Waals surface area contributed by atoms with E-state index in [4.69, 9.17) is 4.74 Å². The van der Waals surface area contributed by atoms with Crippen LogP contribution in [0.5, 0.6) is 5.75 Å². The number of allylic oxidation sites excluding steroid dienone is 1. The summed E-state index contributed by atoms with van der Waals surface area (Å²) in [6.07, 6.45) is 10.9. The molecular weight excluding hydrogens is 614 g/mol. The minimum absolute atomic E-state index is 0.0566. The molecule has 0 spiro atoms. The van der Waals surface area contributed by atoms with Gasteiger partial charge < -0.3 is 35.2 Å². The second-order valence-corrected chi connectivity index (χ2v) is 11.5. The van der Waals surface area contributed by atoms with Crippen molar-refractivity contribution >= 4 is 35.6 Å². The largest absolute Gasteiger partial charge is 0.508 e. The molecule has 3 atom stereocenters. The Morgan fingerprint density at radius 2 is 1.47 bits per heavy atom. The van der Waals surface area contributed by atoms with Gasteiger partial charge in [0.1, 0.15) is 17.6 Å². The van der Waals surface area contributed by atoms with Crippen LogP contribution in [0.25, 0.3) is 0 Å². The van der Waals surface area contributed by atoms with Crippen LogP contribution < -0.4 is 5.32 Å². The third-order valence-electron chi connectivity index (χ3n) is 7.49. The summed E-state index contributed by atoms with van der Waals surface area (Å²) in [6.45, 7) is 2.47. The SMILES string of the molecule is CCCCCCCC(=O)CCCCCC/C=C/[C@H](C(=O)N[C@@H](Cc1ccc(O)cc1)C(=O)OCOC(C)=O)[C@@](O)(CC(=O)O)C(=O)O. The maximum atomic E-state index is 13.5. The lowest BCUT2D eigenvalue weighted by Gasteiger charge is -2.29. The first-order valence-electron chi connectivity index (χ1n) is 16.0. The fourth-order valence-electron chi connectivity index (χ4n) is 4.83. The first-order valence-corrected chi connectivity index (χ1v) is 16.0. The molecule has 0 saturated heterocycles. The number of esters is 2. The van der Waals surface area contributed by atoms with E-state index in [-0.39, 0.29) is 18.0 Å². The van der Waals surface area contributed by atoms with Crippen LogP contribution in [-0.4, -0.2) is 74.4 Å². The molecule has 47 heavy (non-hydrogen) atoms. The maximum absolute atomic E-state index is 13.5. The van der Waals surface area contributed by atoms with Crippen LogP contribution in [-0.2, 0) is 44.7 Å². The molecule has 0 aliphatic carbocycles. The molecule has 0 heterocycles. The molecule has 0 radical (unpaired) electrons. The summed E-state index contributed by atoms with van der Waals surface area (Å²) in [5, 5.41) is 42.0. The van der Waals surface area contributed by atoms with Gasteiger partial charge in [-0.15, -0.1) is 0 Å². The Morgan fingerprint density at radius 3 is 2.02 bits per heavy atom. The topological polar surface area (TPSA) is 214 Å². The van der Waals surface area contributed by atoms with E-state index in [1.165, 1.54) is 36.8 Å². The van der Waals surface area contributed by atoms with Crippen LogP contribution in [0.3, 0.4) is 0 Å². The summed E-state index contributed by atoms with van der Waals surface area (Å²) in [5.74, 6) is -8.29. The van der Waals surface area contributed by atoms with Gasteiger partial charge >= 0.3 is 23.9 Å². The number of benzene rings is 1. The normalized spacial score (nSPS) is 13.7. The number of Topliss-reactive ketones (excluding diaryl/α,β-unsaturated/α-hetero) is 1. The van der Waals surface area contributed by atoms with Gasteiger partial charge in [-0.25, -0.2) is 9.59 Å². The van der Waals surface area contributed by atoms with E-state index < -0.39 is 60.6 Å². The molecule has 0 aromatic heterocycles. The molecular formula is C34H49NO12. The lowest BCUT2D eigenvalue weighted by Crippen LogP contribution is -2.55. The Bertz CT molecular complexity index is 1200. The van der Waals surface area contributed by atoms with Crippen molar-refractivity contribution in [1.29, 1.82) is 0 Å². The molecule has 1 rings (SSSR count). The van der Waals surface area contributed by atoms with Crippen LogP contribution in [0.4, 0.5) is 0 Å². The summed E-state index contributed by atoms with van der Waals surface area (Å²) < 4.78 is 9.54. The van der Waals surface area contributed by atoms with Gasteiger partial charge in [-0.05, 0) is 43.4 Å². The van der Waals surface area contributed by atoms with Crippen molar-refractivity contribution in [2.75, 3.05) is 6.79 Å². The second kappa shape index (κ2) is 22.3. The van der Waals surface area contributed by atoms with Crippen molar-refractivity contribution in [3.8, 4) is 5.75 Å². The smallest absolute Gasteiger partial charge is 0.337 e. The first-order chi connectivity index (χ1) is 22.3. The number of hydrogen-bond donors (Lipinski definition) is 5. The lowest BCUT2D eigenvalue weighted by molar-refractivity contribution is -0.173. The molecule has 0 unspecified atom stereocenters. The van der Waals surface area contributed by atoms with Gasteiger partial charge in [0.25, 0.3) is 0 Å². The van der Waals surface area contributed by atoms with Gasteiger partial charge in [-0.3, -0.25) is 19.2 Å². The predicted molar refractivity (Wildman–Crippen MR) is 170 cm³/mol. The fraction of sp³-hybridized carbons (Fsp3) is 0.588. The molecule has 13 nitrogen and oxygen atoms in total. The molecule has 1 amide bonds. The zero-order valence-corrected chi connectivity index (χ0v) is 27.3. The maximum Gasteiger partial charge on any atom is 0.337 e. The highest BCUT2D eigenvalue weighted by atomic mass is 16.7. The van der Waals surface area contributed by atoms with E-state index in [1.807, 2.05) is 0 Å². The number of aliphatic carboxylic acids is 2. The van der Waals surface area contributed by atoms with Crippen molar-refractivity contribution in [1.82, 2.24) is 5.32 Å². The predicted octanol–water partition coefficient (Wildman–Crippen LogP) is 4.22.